The fourth-order valence-electron chi connectivity index (χ4n) is 2.70. The minimum atomic E-state index is -0.945. The summed E-state index contributed by atoms with van der Waals surface area (Å²) in [6.45, 7) is 6.27. The zero-order valence-electron chi connectivity index (χ0n) is 12.4. The molecule has 0 heterocycles. The average Bonchev–Trinajstić information content (AvgIpc) is 2.38. The Balaban J connectivity index is 2.49. The van der Waals surface area contributed by atoms with E-state index >= 15 is 0 Å². The van der Waals surface area contributed by atoms with E-state index in [9.17, 15) is 9.18 Å². The molecular formula is C18H19FO2. The van der Waals surface area contributed by atoms with Crippen LogP contribution >= 0.6 is 0 Å². The first-order valence-electron chi connectivity index (χ1n) is 6.88. The second-order valence-corrected chi connectivity index (χ2v) is 6.28. The number of halogens is 1. The zero-order valence-corrected chi connectivity index (χ0v) is 12.4. The van der Waals surface area contributed by atoms with Gasteiger partial charge < -0.3 is 5.11 Å². The Kier molecular flexibility index (Phi) is 4.12. The second kappa shape index (κ2) is 5.68. The van der Waals surface area contributed by atoms with Crippen LogP contribution in [-0.4, -0.2) is 11.1 Å². The molecule has 1 unspecified atom stereocenters. The average molecular weight is 286 g/mol. The van der Waals surface area contributed by atoms with Gasteiger partial charge in [0, 0.05) is 5.92 Å². The molecule has 1 N–H and O–H groups in total. The van der Waals surface area contributed by atoms with Crippen LogP contribution in [0.25, 0.3) is 0 Å². The molecule has 21 heavy (non-hydrogen) atoms. The number of carboxylic acids is 1. The first kappa shape index (κ1) is 15.2. The maximum atomic E-state index is 13.5. The van der Waals surface area contributed by atoms with Gasteiger partial charge in [0.15, 0.2) is 0 Å². The zero-order chi connectivity index (χ0) is 15.6. The molecule has 0 aliphatic rings. The van der Waals surface area contributed by atoms with Crippen molar-refractivity contribution >= 4 is 5.97 Å². The highest BCUT2D eigenvalue weighted by Crippen LogP contribution is 2.40. The summed E-state index contributed by atoms with van der Waals surface area (Å²) in [6.07, 6.45) is 0. The number of hydrogen-bond donors (Lipinski definition) is 1. The molecule has 2 aromatic carbocycles. The lowest BCUT2D eigenvalue weighted by Gasteiger charge is -2.32. The smallest absolute Gasteiger partial charge is 0.335 e. The third-order valence-corrected chi connectivity index (χ3v) is 3.54. The van der Waals surface area contributed by atoms with Gasteiger partial charge in [0.1, 0.15) is 5.82 Å². The normalized spacial score (nSPS) is 13.0. The van der Waals surface area contributed by atoms with Gasteiger partial charge in [-0.25, -0.2) is 9.18 Å². The van der Waals surface area contributed by atoms with Crippen molar-refractivity contribution in [2.45, 2.75) is 26.7 Å². The summed E-state index contributed by atoms with van der Waals surface area (Å²) in [7, 11) is 0. The van der Waals surface area contributed by atoms with Gasteiger partial charge in [-0.2, -0.15) is 0 Å². The fraction of sp³-hybridized carbons (Fsp3) is 0.278. The van der Waals surface area contributed by atoms with Crippen LogP contribution < -0.4 is 0 Å². The lowest BCUT2D eigenvalue weighted by Crippen LogP contribution is -2.20. The van der Waals surface area contributed by atoms with Crippen molar-refractivity contribution in [3.05, 3.63) is 71.0 Å². The van der Waals surface area contributed by atoms with Gasteiger partial charge in [0.2, 0.25) is 0 Å². The SMILES string of the molecule is CC(C)(C)C(c1ccc(C(=O)O)cc1)c1cccc(F)c1. The lowest BCUT2D eigenvalue weighted by atomic mass is 9.72. The van der Waals surface area contributed by atoms with Gasteiger partial charge in [-0.05, 0) is 40.8 Å². The van der Waals surface area contributed by atoms with Crippen LogP contribution in [0.15, 0.2) is 48.5 Å². The first-order valence-corrected chi connectivity index (χ1v) is 6.88. The second-order valence-electron chi connectivity index (χ2n) is 6.28. The van der Waals surface area contributed by atoms with Crippen LogP contribution in [0.5, 0.6) is 0 Å². The van der Waals surface area contributed by atoms with Crippen molar-refractivity contribution in [3.63, 3.8) is 0 Å². The topological polar surface area (TPSA) is 37.3 Å². The molecule has 110 valence electrons. The van der Waals surface area contributed by atoms with Crippen molar-refractivity contribution in [1.82, 2.24) is 0 Å². The number of aromatic carboxylic acids is 1. The van der Waals surface area contributed by atoms with E-state index in [0.29, 0.717) is 0 Å². The highest BCUT2D eigenvalue weighted by atomic mass is 19.1. The van der Waals surface area contributed by atoms with Gasteiger partial charge in [0.25, 0.3) is 0 Å². The van der Waals surface area contributed by atoms with Crippen LogP contribution in [-0.2, 0) is 0 Å². The Morgan fingerprint density at radius 1 is 1.05 bits per heavy atom. The van der Waals surface area contributed by atoms with Crippen molar-refractivity contribution in [2.24, 2.45) is 5.41 Å². The maximum absolute atomic E-state index is 13.5. The first-order chi connectivity index (χ1) is 9.79. The van der Waals surface area contributed by atoms with E-state index in [4.69, 9.17) is 5.11 Å². The predicted octanol–water partition coefficient (Wildman–Crippen LogP) is 4.70. The van der Waals surface area contributed by atoms with Gasteiger partial charge in [-0.15, -0.1) is 0 Å². The van der Waals surface area contributed by atoms with Gasteiger partial charge in [0.05, 0.1) is 5.56 Å². The Morgan fingerprint density at radius 2 is 1.67 bits per heavy atom. The quantitative estimate of drug-likeness (QED) is 0.887. The maximum Gasteiger partial charge on any atom is 0.335 e. The van der Waals surface area contributed by atoms with Crippen molar-refractivity contribution in [1.29, 1.82) is 0 Å². The monoisotopic (exact) mass is 286 g/mol. The molecule has 0 bridgehead atoms. The van der Waals surface area contributed by atoms with E-state index in [-0.39, 0.29) is 22.7 Å². The highest BCUT2D eigenvalue weighted by Gasteiger charge is 2.28. The minimum absolute atomic E-state index is 0.00366. The summed E-state index contributed by atoms with van der Waals surface area (Å²) in [5.74, 6) is -1.21. The Hall–Kier alpha value is -2.16. The summed E-state index contributed by atoms with van der Waals surface area (Å²) >= 11 is 0. The predicted molar refractivity (Wildman–Crippen MR) is 81.1 cm³/mol. The molecule has 3 heteroatoms. The summed E-state index contributed by atoms with van der Waals surface area (Å²) in [5, 5.41) is 8.98. The number of rotatable bonds is 3. The summed E-state index contributed by atoms with van der Waals surface area (Å²) in [6, 6.07) is 13.4. The Bertz CT molecular complexity index is 639. The molecule has 0 fully saturated rings. The molecule has 0 aliphatic heterocycles. The van der Waals surface area contributed by atoms with Gasteiger partial charge in [-0.1, -0.05) is 45.0 Å². The molecule has 2 nitrogen and oxygen atoms in total. The number of carboxylic acid groups (broad SMARTS) is 1. The summed E-state index contributed by atoms with van der Waals surface area (Å²) in [4.78, 5) is 10.9. The lowest BCUT2D eigenvalue weighted by molar-refractivity contribution is 0.0697. The Morgan fingerprint density at radius 3 is 2.14 bits per heavy atom. The molecule has 1 atom stereocenters. The van der Waals surface area contributed by atoms with E-state index in [1.54, 1.807) is 24.3 Å². The van der Waals surface area contributed by atoms with Gasteiger partial charge >= 0.3 is 5.97 Å². The molecule has 0 spiro atoms. The third kappa shape index (κ3) is 3.48. The van der Waals surface area contributed by atoms with Crippen LogP contribution in [0.1, 0.15) is 48.2 Å². The van der Waals surface area contributed by atoms with Crippen molar-refractivity contribution < 1.29 is 14.3 Å². The third-order valence-electron chi connectivity index (χ3n) is 3.54. The molecule has 2 rings (SSSR count). The highest BCUT2D eigenvalue weighted by molar-refractivity contribution is 5.87. The van der Waals surface area contributed by atoms with E-state index < -0.39 is 5.97 Å². The van der Waals surface area contributed by atoms with Gasteiger partial charge in [-0.3, -0.25) is 0 Å². The van der Waals surface area contributed by atoms with Crippen LogP contribution in [0.2, 0.25) is 0 Å². The fourth-order valence-corrected chi connectivity index (χ4v) is 2.70. The molecule has 0 aromatic heterocycles. The largest absolute Gasteiger partial charge is 0.478 e. The molecular weight excluding hydrogens is 267 g/mol. The molecule has 0 radical (unpaired) electrons. The summed E-state index contributed by atoms with van der Waals surface area (Å²) < 4.78 is 13.5. The molecule has 2 aromatic rings. The molecule has 0 saturated carbocycles. The molecule has 0 saturated heterocycles. The van der Waals surface area contributed by atoms with Crippen molar-refractivity contribution in [2.75, 3.05) is 0 Å². The minimum Gasteiger partial charge on any atom is -0.478 e. The molecule has 0 amide bonds. The summed E-state index contributed by atoms with van der Waals surface area (Å²) in [5.41, 5.74) is 2.02. The standard InChI is InChI=1S/C18H19FO2/c1-18(2,3)16(14-5-4-6-15(19)11-14)12-7-9-13(10-8-12)17(20)21/h4-11,16H,1-3H3,(H,20,21). The number of carbonyl (C=O) groups is 1. The Labute approximate surface area is 124 Å². The van der Waals surface area contributed by atoms with E-state index in [0.717, 1.165) is 11.1 Å². The number of hydrogen-bond acceptors (Lipinski definition) is 1. The van der Waals surface area contributed by atoms with Crippen LogP contribution in [0.3, 0.4) is 0 Å². The number of benzene rings is 2. The van der Waals surface area contributed by atoms with Crippen molar-refractivity contribution in [3.8, 4) is 0 Å². The van der Waals surface area contributed by atoms with Crippen LogP contribution in [0.4, 0.5) is 4.39 Å². The van der Waals surface area contributed by atoms with E-state index in [2.05, 4.69) is 20.8 Å². The van der Waals surface area contributed by atoms with E-state index in [1.807, 2.05) is 18.2 Å². The van der Waals surface area contributed by atoms with E-state index in [1.165, 1.54) is 6.07 Å². The van der Waals surface area contributed by atoms with Crippen LogP contribution in [0, 0.1) is 11.2 Å². The molecule has 0 aliphatic carbocycles.